The van der Waals surface area contributed by atoms with E-state index in [4.69, 9.17) is 5.10 Å². The Labute approximate surface area is 193 Å². The number of nitrogens with zero attached hydrogens (tertiary/aromatic N) is 4. The summed E-state index contributed by atoms with van der Waals surface area (Å²) in [5, 5.41) is 4.72. The average molecular weight is 465 g/mol. The Morgan fingerprint density at radius 3 is 2.31 bits per heavy atom. The number of rotatable bonds is 6. The quantitative estimate of drug-likeness (QED) is 0.644. The molecule has 1 aromatic rings. The minimum absolute atomic E-state index is 0.0530. The van der Waals surface area contributed by atoms with Crippen molar-refractivity contribution in [1.82, 2.24) is 14.7 Å². The van der Waals surface area contributed by atoms with Gasteiger partial charge >= 0.3 is 0 Å². The number of carbonyl (C=O) groups excluding carboxylic acids is 1. The van der Waals surface area contributed by atoms with Crippen LogP contribution in [0.15, 0.2) is 0 Å². The number of piperazine rings is 1. The van der Waals surface area contributed by atoms with Gasteiger partial charge in [0, 0.05) is 32.1 Å². The van der Waals surface area contributed by atoms with Crippen LogP contribution in [0.4, 0.5) is 5.69 Å². The van der Waals surface area contributed by atoms with Crippen molar-refractivity contribution in [3.63, 3.8) is 0 Å². The molecule has 2 saturated heterocycles. The summed E-state index contributed by atoms with van der Waals surface area (Å²) in [6, 6.07) is -0.0530. The summed E-state index contributed by atoms with van der Waals surface area (Å²) < 4.78 is 25.8. The van der Waals surface area contributed by atoms with E-state index in [1.807, 2.05) is 11.6 Å². The van der Waals surface area contributed by atoms with Crippen molar-refractivity contribution >= 4 is 21.4 Å². The van der Waals surface area contributed by atoms with Gasteiger partial charge in [-0.25, -0.2) is 8.42 Å². The van der Waals surface area contributed by atoms with Crippen molar-refractivity contribution in [3.8, 4) is 0 Å². The summed E-state index contributed by atoms with van der Waals surface area (Å²) >= 11 is 0. The monoisotopic (exact) mass is 464 g/mol. The second kappa shape index (κ2) is 9.74. The summed E-state index contributed by atoms with van der Waals surface area (Å²) in [7, 11) is -2.94. The maximum atomic E-state index is 13.1. The van der Waals surface area contributed by atoms with Crippen molar-refractivity contribution in [3.05, 3.63) is 11.4 Å². The van der Waals surface area contributed by atoms with Gasteiger partial charge in [-0.05, 0) is 51.9 Å². The number of hydrogen-bond acceptors (Lipinski definition) is 5. The molecule has 32 heavy (non-hydrogen) atoms. The van der Waals surface area contributed by atoms with Crippen LogP contribution in [0.3, 0.4) is 0 Å². The summed E-state index contributed by atoms with van der Waals surface area (Å²) in [5.41, 5.74) is 3.13. The summed E-state index contributed by atoms with van der Waals surface area (Å²) in [5.74, 6) is 1.85. The van der Waals surface area contributed by atoms with Gasteiger partial charge in [0.2, 0.25) is 5.91 Å². The molecule has 3 heterocycles. The van der Waals surface area contributed by atoms with Crippen molar-refractivity contribution < 1.29 is 13.2 Å². The normalized spacial score (nSPS) is 28.3. The molecule has 8 heteroatoms. The molecule has 1 unspecified atom stereocenters. The Kier molecular flexibility index (Phi) is 7.18. The van der Waals surface area contributed by atoms with Crippen LogP contribution in [0, 0.1) is 25.7 Å². The highest BCUT2D eigenvalue weighted by Gasteiger charge is 2.34. The lowest BCUT2D eigenvalue weighted by molar-refractivity contribution is -0.137. The van der Waals surface area contributed by atoms with E-state index in [-0.39, 0.29) is 23.5 Å². The van der Waals surface area contributed by atoms with E-state index in [1.54, 1.807) is 0 Å². The van der Waals surface area contributed by atoms with Gasteiger partial charge in [0.15, 0.2) is 9.84 Å². The first-order valence-corrected chi connectivity index (χ1v) is 14.4. The van der Waals surface area contributed by atoms with Crippen LogP contribution in [0.2, 0.25) is 0 Å². The van der Waals surface area contributed by atoms with Gasteiger partial charge in [-0.2, -0.15) is 5.10 Å². The van der Waals surface area contributed by atoms with Crippen LogP contribution in [-0.2, 0) is 14.6 Å². The van der Waals surface area contributed by atoms with E-state index in [0.717, 1.165) is 62.0 Å². The maximum Gasteiger partial charge on any atom is 0.225 e. The summed E-state index contributed by atoms with van der Waals surface area (Å²) in [4.78, 5) is 17.5. The van der Waals surface area contributed by atoms with E-state index in [2.05, 4.69) is 23.6 Å². The maximum absolute atomic E-state index is 13.1. The van der Waals surface area contributed by atoms with Gasteiger partial charge in [-0.3, -0.25) is 9.48 Å². The Balaban J connectivity index is 1.33. The van der Waals surface area contributed by atoms with Gasteiger partial charge in [0.05, 0.1) is 34.6 Å². The molecule has 1 aromatic heterocycles. The summed E-state index contributed by atoms with van der Waals surface area (Å²) in [6.45, 7) is 9.46. The van der Waals surface area contributed by atoms with Crippen LogP contribution in [-0.4, -0.2) is 66.7 Å². The molecule has 1 saturated carbocycles. The first kappa shape index (κ1) is 23.6. The molecule has 3 fully saturated rings. The number of amides is 1. The minimum atomic E-state index is -2.94. The van der Waals surface area contributed by atoms with Gasteiger partial charge in [0.25, 0.3) is 0 Å². The molecule has 0 N–H and O–H groups in total. The molecule has 3 aliphatic rings. The summed E-state index contributed by atoms with van der Waals surface area (Å²) in [6.07, 6.45) is 9.10. The number of sulfone groups is 1. The number of carbonyl (C=O) groups is 1. The van der Waals surface area contributed by atoms with E-state index >= 15 is 0 Å². The Hall–Kier alpha value is -1.57. The molecule has 180 valence electrons. The average Bonchev–Trinajstić information content (AvgIpc) is 3.30. The zero-order valence-electron chi connectivity index (χ0n) is 20.1. The number of unbranched alkanes of at least 4 members (excludes halogenated alkanes) is 1. The molecular formula is C24H40N4O3S. The largest absolute Gasteiger partial charge is 0.365 e. The van der Waals surface area contributed by atoms with Crippen LogP contribution >= 0.6 is 0 Å². The molecule has 0 radical (unpaired) electrons. The van der Waals surface area contributed by atoms with Crippen molar-refractivity contribution in [2.45, 2.75) is 78.2 Å². The number of hydrogen-bond donors (Lipinski definition) is 0. The lowest BCUT2D eigenvalue weighted by Crippen LogP contribution is -2.51. The standard InChI is InChI=1S/C24H40N4O3S/c1-4-5-6-20-7-9-21(10-8-20)24(29)27-14-12-26(13-15-27)23-18(2)25-28(19(23)3)22-11-16-32(30,31)17-22/h20-22H,4-17H2,1-3H3. The second-order valence-corrected chi connectivity index (χ2v) is 12.4. The number of aromatic nitrogens is 2. The number of anilines is 1. The molecule has 4 rings (SSSR count). The lowest BCUT2D eigenvalue weighted by Gasteiger charge is -2.39. The predicted molar refractivity (Wildman–Crippen MR) is 128 cm³/mol. The predicted octanol–water partition coefficient (Wildman–Crippen LogP) is 3.50. The fraction of sp³-hybridized carbons (Fsp3) is 0.833. The fourth-order valence-corrected chi connectivity index (χ4v) is 7.73. The Morgan fingerprint density at radius 1 is 1.03 bits per heavy atom. The van der Waals surface area contributed by atoms with Crippen molar-refractivity contribution in [2.75, 3.05) is 42.6 Å². The second-order valence-electron chi connectivity index (χ2n) is 10.2. The molecule has 0 spiro atoms. The Morgan fingerprint density at radius 2 is 1.72 bits per heavy atom. The lowest BCUT2D eigenvalue weighted by atomic mass is 9.79. The fourth-order valence-electron chi connectivity index (χ4n) is 6.04. The molecule has 1 atom stereocenters. The zero-order chi connectivity index (χ0) is 22.9. The van der Waals surface area contributed by atoms with E-state index in [1.165, 1.54) is 32.1 Å². The van der Waals surface area contributed by atoms with Gasteiger partial charge in [-0.1, -0.05) is 26.2 Å². The highest BCUT2D eigenvalue weighted by Crippen LogP contribution is 2.34. The third-order valence-electron chi connectivity index (χ3n) is 7.91. The third kappa shape index (κ3) is 5.00. The minimum Gasteiger partial charge on any atom is -0.365 e. The van der Waals surface area contributed by atoms with Crippen molar-refractivity contribution in [1.29, 1.82) is 0 Å². The number of aryl methyl sites for hydroxylation is 1. The molecule has 1 aliphatic carbocycles. The smallest absolute Gasteiger partial charge is 0.225 e. The topological polar surface area (TPSA) is 75.5 Å². The molecule has 2 aliphatic heterocycles. The first-order chi connectivity index (χ1) is 15.3. The highest BCUT2D eigenvalue weighted by molar-refractivity contribution is 7.91. The van der Waals surface area contributed by atoms with Gasteiger partial charge in [-0.15, -0.1) is 0 Å². The van der Waals surface area contributed by atoms with E-state index in [9.17, 15) is 13.2 Å². The first-order valence-electron chi connectivity index (χ1n) is 12.6. The zero-order valence-corrected chi connectivity index (χ0v) is 20.9. The third-order valence-corrected chi connectivity index (χ3v) is 9.66. The molecule has 7 nitrogen and oxygen atoms in total. The van der Waals surface area contributed by atoms with Crippen LogP contribution < -0.4 is 4.90 Å². The van der Waals surface area contributed by atoms with Crippen LogP contribution in [0.25, 0.3) is 0 Å². The molecular weight excluding hydrogens is 424 g/mol. The van der Waals surface area contributed by atoms with Gasteiger partial charge in [0.1, 0.15) is 0 Å². The van der Waals surface area contributed by atoms with Crippen LogP contribution in [0.1, 0.15) is 75.7 Å². The highest BCUT2D eigenvalue weighted by atomic mass is 32.2. The van der Waals surface area contributed by atoms with E-state index < -0.39 is 9.84 Å². The molecule has 1 amide bonds. The SMILES string of the molecule is CCCCC1CCC(C(=O)N2CCN(c3c(C)nn(C4CCS(=O)(=O)C4)c3C)CC2)CC1. The van der Waals surface area contributed by atoms with E-state index in [0.29, 0.717) is 12.3 Å². The van der Waals surface area contributed by atoms with Crippen LogP contribution in [0.5, 0.6) is 0 Å². The molecule has 0 aromatic carbocycles. The van der Waals surface area contributed by atoms with Crippen molar-refractivity contribution in [2.24, 2.45) is 11.8 Å². The Bertz CT molecular complexity index is 910. The van der Waals surface area contributed by atoms with Gasteiger partial charge < -0.3 is 9.80 Å². The molecule has 0 bridgehead atoms.